The van der Waals surface area contributed by atoms with Crippen LogP contribution in [0.1, 0.15) is 19.8 Å². The molecule has 2 atom stereocenters. The van der Waals surface area contributed by atoms with Crippen molar-refractivity contribution in [1.29, 1.82) is 0 Å². The third-order valence-electron chi connectivity index (χ3n) is 3.73. The highest BCUT2D eigenvalue weighted by atomic mass is 35.5. The molecular weight excluding hydrogens is 298 g/mol. The first-order chi connectivity index (χ1) is 9.49. The Hall–Kier alpha value is -1.27. The number of thioether (sulfide) groups is 1. The van der Waals surface area contributed by atoms with Gasteiger partial charge in [0.25, 0.3) is 0 Å². The molecule has 2 fully saturated rings. The molecule has 3 rings (SSSR count). The van der Waals surface area contributed by atoms with Crippen LogP contribution < -0.4 is 5.32 Å². The third kappa shape index (κ3) is 2.27. The lowest BCUT2D eigenvalue weighted by Gasteiger charge is -2.29. The van der Waals surface area contributed by atoms with Crippen molar-refractivity contribution in [3.63, 3.8) is 0 Å². The fourth-order valence-electron chi connectivity index (χ4n) is 2.67. The first kappa shape index (κ1) is 13.7. The van der Waals surface area contributed by atoms with E-state index in [1.165, 1.54) is 6.20 Å². The van der Waals surface area contributed by atoms with Crippen LogP contribution in [0.4, 0.5) is 5.82 Å². The quantitative estimate of drug-likeness (QED) is 0.909. The highest BCUT2D eigenvalue weighted by Crippen LogP contribution is 2.47. The number of pyridine rings is 1. The molecule has 1 aromatic rings. The number of rotatable bonds is 2. The predicted molar refractivity (Wildman–Crippen MR) is 78.6 cm³/mol. The van der Waals surface area contributed by atoms with Crippen molar-refractivity contribution in [2.45, 2.75) is 30.7 Å². The summed E-state index contributed by atoms with van der Waals surface area (Å²) >= 11 is 7.43. The molecule has 0 radical (unpaired) electrons. The van der Waals surface area contributed by atoms with Gasteiger partial charge in [0.2, 0.25) is 11.8 Å². The van der Waals surface area contributed by atoms with Crippen LogP contribution in [-0.4, -0.2) is 38.4 Å². The van der Waals surface area contributed by atoms with E-state index in [9.17, 15) is 9.59 Å². The standard InChI is InChI=1S/C13H14ClN3O2S/c1-13-5-4-11(18)17(13)9(7-20-13)12(19)16-10-3-2-8(14)6-15-10/h2-3,6,9H,4-5,7H2,1H3,(H,15,16,19)/t9-,13+/m1/s1. The van der Waals surface area contributed by atoms with Gasteiger partial charge in [-0.2, -0.15) is 0 Å². The maximum atomic E-state index is 12.3. The minimum absolute atomic E-state index is 0.0571. The topological polar surface area (TPSA) is 62.3 Å². The molecule has 5 nitrogen and oxygen atoms in total. The Kier molecular flexibility index (Phi) is 3.38. The summed E-state index contributed by atoms with van der Waals surface area (Å²) in [6.07, 6.45) is 2.80. The highest BCUT2D eigenvalue weighted by molar-refractivity contribution is 8.01. The number of nitrogens with one attached hydrogen (secondary N) is 1. The van der Waals surface area contributed by atoms with Crippen LogP contribution in [0.3, 0.4) is 0 Å². The van der Waals surface area contributed by atoms with E-state index in [1.54, 1.807) is 28.8 Å². The van der Waals surface area contributed by atoms with Gasteiger partial charge in [-0.15, -0.1) is 11.8 Å². The van der Waals surface area contributed by atoms with Gasteiger partial charge in [0, 0.05) is 18.4 Å². The van der Waals surface area contributed by atoms with Crippen LogP contribution in [0.5, 0.6) is 0 Å². The van der Waals surface area contributed by atoms with Crippen LogP contribution in [0.15, 0.2) is 18.3 Å². The zero-order valence-electron chi connectivity index (χ0n) is 10.9. The number of carbonyl (C=O) groups excluding carboxylic acids is 2. The number of hydrogen-bond acceptors (Lipinski definition) is 4. The molecule has 7 heteroatoms. The summed E-state index contributed by atoms with van der Waals surface area (Å²) in [6, 6.07) is 2.89. The normalized spacial score (nSPS) is 28.6. The van der Waals surface area contributed by atoms with Gasteiger partial charge in [-0.05, 0) is 25.5 Å². The molecule has 0 aliphatic carbocycles. The lowest BCUT2D eigenvalue weighted by Crippen LogP contribution is -2.48. The minimum Gasteiger partial charge on any atom is -0.315 e. The Bertz CT molecular complexity index is 565. The fraction of sp³-hybridized carbons (Fsp3) is 0.462. The smallest absolute Gasteiger partial charge is 0.249 e. The van der Waals surface area contributed by atoms with Crippen LogP contribution in [-0.2, 0) is 9.59 Å². The van der Waals surface area contributed by atoms with Gasteiger partial charge in [0.1, 0.15) is 11.9 Å². The van der Waals surface area contributed by atoms with Crippen LogP contribution in [0, 0.1) is 0 Å². The average molecular weight is 312 g/mol. The first-order valence-corrected chi connectivity index (χ1v) is 7.74. The number of anilines is 1. The van der Waals surface area contributed by atoms with Crippen LogP contribution >= 0.6 is 23.4 Å². The second kappa shape index (κ2) is 4.93. The number of aromatic nitrogens is 1. The van der Waals surface area contributed by atoms with Gasteiger partial charge in [0.05, 0.1) is 9.89 Å². The highest BCUT2D eigenvalue weighted by Gasteiger charge is 2.52. The van der Waals surface area contributed by atoms with E-state index >= 15 is 0 Å². The van der Waals surface area contributed by atoms with Gasteiger partial charge in [-0.25, -0.2) is 4.98 Å². The molecule has 20 heavy (non-hydrogen) atoms. The maximum absolute atomic E-state index is 12.3. The SMILES string of the molecule is C[C@]12CCC(=O)N1[C@@H](C(=O)Nc1ccc(Cl)cn1)CS2. The van der Waals surface area contributed by atoms with Crippen molar-refractivity contribution in [2.24, 2.45) is 0 Å². The number of halogens is 1. The minimum atomic E-state index is -0.419. The van der Waals surface area contributed by atoms with Crippen LogP contribution in [0.2, 0.25) is 5.02 Å². The Morgan fingerprint density at radius 3 is 3.10 bits per heavy atom. The summed E-state index contributed by atoms with van der Waals surface area (Å²) in [4.78, 5) is 29.8. The van der Waals surface area contributed by atoms with Gasteiger partial charge in [-0.3, -0.25) is 9.59 Å². The maximum Gasteiger partial charge on any atom is 0.249 e. The molecule has 106 valence electrons. The van der Waals surface area contributed by atoms with Crippen molar-refractivity contribution < 1.29 is 9.59 Å². The number of amides is 2. The number of fused-ring (bicyclic) bond motifs is 1. The summed E-state index contributed by atoms with van der Waals surface area (Å²) in [5.74, 6) is 0.944. The molecule has 0 aromatic carbocycles. The number of carbonyl (C=O) groups is 2. The average Bonchev–Trinajstić information content (AvgIpc) is 2.90. The largest absolute Gasteiger partial charge is 0.315 e. The molecule has 3 heterocycles. The molecule has 1 aromatic heterocycles. The molecule has 0 unspecified atom stereocenters. The predicted octanol–water partition coefficient (Wildman–Crippen LogP) is 2.13. The Balaban J connectivity index is 1.75. The molecular formula is C13H14ClN3O2S. The van der Waals surface area contributed by atoms with Crippen molar-refractivity contribution in [2.75, 3.05) is 11.1 Å². The van der Waals surface area contributed by atoms with Crippen molar-refractivity contribution in [3.05, 3.63) is 23.4 Å². The van der Waals surface area contributed by atoms with E-state index in [0.717, 1.165) is 6.42 Å². The molecule has 2 amide bonds. The third-order valence-corrected chi connectivity index (χ3v) is 5.45. The zero-order valence-corrected chi connectivity index (χ0v) is 12.5. The van der Waals surface area contributed by atoms with Crippen LogP contribution in [0.25, 0.3) is 0 Å². The number of hydrogen-bond donors (Lipinski definition) is 1. The monoisotopic (exact) mass is 311 g/mol. The summed E-state index contributed by atoms with van der Waals surface area (Å²) in [5.41, 5.74) is 0. The summed E-state index contributed by atoms with van der Waals surface area (Å²) in [6.45, 7) is 2.02. The van der Waals surface area contributed by atoms with Crippen molar-refractivity contribution >= 4 is 41.0 Å². The van der Waals surface area contributed by atoms with E-state index in [4.69, 9.17) is 11.6 Å². The lowest BCUT2D eigenvalue weighted by molar-refractivity contribution is -0.135. The molecule has 0 saturated carbocycles. The fourth-order valence-corrected chi connectivity index (χ4v) is 4.22. The zero-order chi connectivity index (χ0) is 14.3. The first-order valence-electron chi connectivity index (χ1n) is 6.38. The van der Waals surface area contributed by atoms with Gasteiger partial charge in [0.15, 0.2) is 0 Å². The second-order valence-electron chi connectivity index (χ2n) is 5.12. The molecule has 2 aliphatic heterocycles. The summed E-state index contributed by atoms with van der Waals surface area (Å²) in [5, 5.41) is 3.26. The lowest BCUT2D eigenvalue weighted by atomic mass is 10.2. The molecule has 0 spiro atoms. The van der Waals surface area contributed by atoms with Crippen molar-refractivity contribution in [1.82, 2.24) is 9.88 Å². The van der Waals surface area contributed by atoms with Gasteiger partial charge < -0.3 is 10.2 Å². The van der Waals surface area contributed by atoms with E-state index in [2.05, 4.69) is 10.3 Å². The van der Waals surface area contributed by atoms with E-state index in [-0.39, 0.29) is 16.7 Å². The Labute approximate surface area is 126 Å². The van der Waals surface area contributed by atoms with Crippen molar-refractivity contribution in [3.8, 4) is 0 Å². The second-order valence-corrected chi connectivity index (χ2v) is 7.05. The number of nitrogens with zero attached hydrogens (tertiary/aromatic N) is 2. The molecule has 0 bridgehead atoms. The summed E-state index contributed by atoms with van der Waals surface area (Å²) < 4.78 is 0. The Morgan fingerprint density at radius 1 is 1.60 bits per heavy atom. The van der Waals surface area contributed by atoms with E-state index in [0.29, 0.717) is 23.0 Å². The van der Waals surface area contributed by atoms with Gasteiger partial charge in [-0.1, -0.05) is 11.6 Å². The molecule has 2 aliphatic rings. The van der Waals surface area contributed by atoms with E-state index < -0.39 is 6.04 Å². The Morgan fingerprint density at radius 2 is 2.40 bits per heavy atom. The molecule has 2 saturated heterocycles. The van der Waals surface area contributed by atoms with E-state index in [1.807, 2.05) is 6.92 Å². The van der Waals surface area contributed by atoms with Gasteiger partial charge >= 0.3 is 0 Å². The molecule has 1 N–H and O–H groups in total. The summed E-state index contributed by atoms with van der Waals surface area (Å²) in [7, 11) is 0.